The lowest BCUT2D eigenvalue weighted by atomic mass is 10.0. The van der Waals surface area contributed by atoms with Crippen molar-refractivity contribution >= 4 is 29.3 Å². The minimum absolute atomic E-state index is 0.0997. The van der Waals surface area contributed by atoms with Gasteiger partial charge in [-0.25, -0.2) is 0 Å². The van der Waals surface area contributed by atoms with Gasteiger partial charge in [0.25, 0.3) is 11.8 Å². The Morgan fingerprint density at radius 3 is 2.59 bits per heavy atom. The number of hydrogen-bond donors (Lipinski definition) is 1. The molecule has 29 heavy (non-hydrogen) atoms. The number of fused-ring (bicyclic) bond motifs is 1. The molecule has 1 aromatic carbocycles. The lowest BCUT2D eigenvalue weighted by Gasteiger charge is -2.28. The van der Waals surface area contributed by atoms with Crippen LogP contribution in [0.15, 0.2) is 42.7 Å². The molecule has 1 N–H and O–H groups in total. The van der Waals surface area contributed by atoms with Crippen LogP contribution in [0, 0.1) is 0 Å². The number of aromatic nitrogens is 1. The van der Waals surface area contributed by atoms with E-state index in [1.54, 1.807) is 30.6 Å². The highest BCUT2D eigenvalue weighted by atomic mass is 16.2. The Kier molecular flexibility index (Phi) is 4.84. The minimum atomic E-state index is -0.963. The Balaban J connectivity index is 1.59. The monoisotopic (exact) mass is 392 g/mol. The molecule has 0 radical (unpaired) electrons. The molecule has 1 saturated heterocycles. The van der Waals surface area contributed by atoms with E-state index in [1.807, 2.05) is 24.1 Å². The summed E-state index contributed by atoms with van der Waals surface area (Å²) in [5, 5.41) is 2.21. The number of nitrogens with one attached hydrogen (secondary N) is 1. The first-order valence-corrected chi connectivity index (χ1v) is 9.42. The number of imide groups is 2. The van der Waals surface area contributed by atoms with Crippen LogP contribution in [0.25, 0.3) is 0 Å². The maximum atomic E-state index is 13.1. The molecule has 0 aliphatic carbocycles. The minimum Gasteiger partial charge on any atom is -0.374 e. The zero-order valence-corrected chi connectivity index (χ0v) is 15.9. The van der Waals surface area contributed by atoms with Gasteiger partial charge in [-0.2, -0.15) is 0 Å². The molecular weight excluding hydrogens is 372 g/mol. The molecule has 0 spiro atoms. The van der Waals surface area contributed by atoms with Gasteiger partial charge in [-0.05, 0) is 42.7 Å². The highest BCUT2D eigenvalue weighted by Gasteiger charge is 2.45. The molecule has 8 nitrogen and oxygen atoms in total. The first-order chi connectivity index (χ1) is 14.0. The lowest BCUT2D eigenvalue weighted by molar-refractivity contribution is -0.136. The first kappa shape index (κ1) is 18.8. The van der Waals surface area contributed by atoms with Gasteiger partial charge >= 0.3 is 0 Å². The number of likely N-dealkylation sites (N-methyl/N-ethyl adjacent to an activating group) is 1. The van der Waals surface area contributed by atoms with Gasteiger partial charge in [0, 0.05) is 32.4 Å². The summed E-state index contributed by atoms with van der Waals surface area (Å²) in [5.41, 5.74) is 2.35. The molecule has 4 amide bonds. The fourth-order valence-corrected chi connectivity index (χ4v) is 3.78. The second kappa shape index (κ2) is 7.46. The first-order valence-electron chi connectivity index (χ1n) is 9.42. The van der Waals surface area contributed by atoms with Gasteiger partial charge in [0.15, 0.2) is 0 Å². The maximum absolute atomic E-state index is 13.1. The highest BCUT2D eigenvalue weighted by Crippen LogP contribution is 2.33. The van der Waals surface area contributed by atoms with Crippen LogP contribution in [-0.4, -0.2) is 53.1 Å². The third-order valence-corrected chi connectivity index (χ3v) is 5.34. The average molecular weight is 392 g/mol. The van der Waals surface area contributed by atoms with Crippen LogP contribution in [0.4, 0.5) is 5.69 Å². The molecular formula is C21H20N4O4. The van der Waals surface area contributed by atoms with Crippen LogP contribution in [0.1, 0.15) is 39.1 Å². The van der Waals surface area contributed by atoms with Crippen molar-refractivity contribution in [3.05, 3.63) is 59.4 Å². The van der Waals surface area contributed by atoms with Crippen LogP contribution >= 0.6 is 0 Å². The Labute approximate surface area is 167 Å². The highest BCUT2D eigenvalue weighted by molar-refractivity contribution is 6.25. The smallest absolute Gasteiger partial charge is 0.264 e. The number of anilines is 1. The Hall–Kier alpha value is -3.55. The molecule has 1 fully saturated rings. The maximum Gasteiger partial charge on any atom is 0.264 e. The predicted molar refractivity (Wildman–Crippen MR) is 104 cm³/mol. The molecule has 2 aliphatic heterocycles. The van der Waals surface area contributed by atoms with E-state index in [1.165, 1.54) is 0 Å². The third kappa shape index (κ3) is 3.37. The van der Waals surface area contributed by atoms with E-state index in [-0.39, 0.29) is 24.3 Å². The molecule has 3 heterocycles. The third-order valence-electron chi connectivity index (χ3n) is 5.34. The lowest BCUT2D eigenvalue weighted by Crippen LogP contribution is -2.54. The van der Waals surface area contributed by atoms with Crippen molar-refractivity contribution in [1.29, 1.82) is 0 Å². The second-order valence-electron chi connectivity index (χ2n) is 7.17. The van der Waals surface area contributed by atoms with E-state index in [0.29, 0.717) is 17.8 Å². The van der Waals surface area contributed by atoms with Crippen LogP contribution in [0.5, 0.6) is 0 Å². The van der Waals surface area contributed by atoms with Crippen molar-refractivity contribution in [2.45, 2.75) is 25.3 Å². The molecule has 0 saturated carbocycles. The van der Waals surface area contributed by atoms with Crippen molar-refractivity contribution in [1.82, 2.24) is 15.2 Å². The number of rotatable bonds is 5. The van der Waals surface area contributed by atoms with E-state index in [2.05, 4.69) is 10.3 Å². The number of carbonyl (C=O) groups excluding carboxylic acids is 4. The van der Waals surface area contributed by atoms with E-state index in [4.69, 9.17) is 0 Å². The van der Waals surface area contributed by atoms with Gasteiger partial charge in [-0.15, -0.1) is 0 Å². The number of piperidine rings is 1. The number of nitrogens with zero attached hydrogens (tertiary/aromatic N) is 3. The van der Waals surface area contributed by atoms with Crippen LogP contribution < -0.4 is 10.2 Å². The summed E-state index contributed by atoms with van der Waals surface area (Å²) in [6.07, 6.45) is 4.46. The van der Waals surface area contributed by atoms with Gasteiger partial charge in [-0.3, -0.25) is 34.4 Å². The summed E-state index contributed by atoms with van der Waals surface area (Å²) in [4.78, 5) is 56.6. The summed E-state index contributed by atoms with van der Waals surface area (Å²) >= 11 is 0. The number of benzene rings is 1. The summed E-state index contributed by atoms with van der Waals surface area (Å²) in [5.74, 6) is -1.99. The SMILES string of the molecule is CN(CCc1ccncc1)c1cccc2c1C(=O)N(C1CCC(=O)NC1=O)C2=O. The fraction of sp³-hybridized carbons (Fsp3) is 0.286. The van der Waals surface area contributed by atoms with Crippen molar-refractivity contribution in [2.75, 3.05) is 18.5 Å². The molecule has 1 aromatic heterocycles. The fourth-order valence-electron chi connectivity index (χ4n) is 3.78. The standard InChI is InChI=1S/C21H20N4O4/c1-24(12-9-13-7-10-22-11-8-13)15-4-2-3-14-18(15)21(29)25(20(14)28)16-5-6-17(26)23-19(16)27/h2-4,7-8,10-11,16H,5-6,9,12H2,1H3,(H,23,26,27). The topological polar surface area (TPSA) is 99.7 Å². The molecule has 148 valence electrons. The molecule has 2 aliphatic rings. The van der Waals surface area contributed by atoms with Gasteiger partial charge in [-0.1, -0.05) is 6.07 Å². The van der Waals surface area contributed by atoms with Crippen molar-refractivity contribution in [2.24, 2.45) is 0 Å². The zero-order valence-electron chi connectivity index (χ0n) is 15.9. The van der Waals surface area contributed by atoms with Crippen LogP contribution in [-0.2, 0) is 16.0 Å². The largest absolute Gasteiger partial charge is 0.374 e. The second-order valence-corrected chi connectivity index (χ2v) is 7.17. The van der Waals surface area contributed by atoms with Crippen LogP contribution in [0.2, 0.25) is 0 Å². The number of carbonyl (C=O) groups is 4. The van der Waals surface area contributed by atoms with E-state index in [9.17, 15) is 19.2 Å². The number of amides is 4. The van der Waals surface area contributed by atoms with Gasteiger partial charge < -0.3 is 4.90 Å². The molecule has 4 rings (SSSR count). The Morgan fingerprint density at radius 1 is 1.10 bits per heavy atom. The Morgan fingerprint density at radius 2 is 1.86 bits per heavy atom. The number of pyridine rings is 1. The summed E-state index contributed by atoms with van der Waals surface area (Å²) < 4.78 is 0. The van der Waals surface area contributed by atoms with Gasteiger partial charge in [0.2, 0.25) is 11.8 Å². The van der Waals surface area contributed by atoms with E-state index >= 15 is 0 Å². The quantitative estimate of drug-likeness (QED) is 0.767. The molecule has 0 bridgehead atoms. The summed E-state index contributed by atoms with van der Waals surface area (Å²) in [6.45, 7) is 0.639. The molecule has 1 atom stereocenters. The van der Waals surface area contributed by atoms with E-state index in [0.717, 1.165) is 16.9 Å². The molecule has 2 aromatic rings. The number of hydrogen-bond acceptors (Lipinski definition) is 6. The Bertz CT molecular complexity index is 1000. The zero-order chi connectivity index (χ0) is 20.5. The van der Waals surface area contributed by atoms with Gasteiger partial charge in [0.1, 0.15) is 6.04 Å². The van der Waals surface area contributed by atoms with Crippen LogP contribution in [0.3, 0.4) is 0 Å². The van der Waals surface area contributed by atoms with Crippen molar-refractivity contribution in [3.8, 4) is 0 Å². The van der Waals surface area contributed by atoms with Gasteiger partial charge in [0.05, 0.1) is 16.8 Å². The van der Waals surface area contributed by atoms with E-state index < -0.39 is 23.8 Å². The molecule has 1 unspecified atom stereocenters. The predicted octanol–water partition coefficient (Wildman–Crippen LogP) is 1.16. The van der Waals surface area contributed by atoms with Crippen molar-refractivity contribution in [3.63, 3.8) is 0 Å². The average Bonchev–Trinajstić information content (AvgIpc) is 2.98. The summed E-state index contributed by atoms with van der Waals surface area (Å²) in [7, 11) is 1.86. The molecule has 8 heteroatoms. The summed E-state index contributed by atoms with van der Waals surface area (Å²) in [6, 6.07) is 8.03. The normalized spacial score (nSPS) is 18.7. The van der Waals surface area contributed by atoms with Crippen molar-refractivity contribution < 1.29 is 19.2 Å².